The maximum atomic E-state index is 12.1. The second-order valence-corrected chi connectivity index (χ2v) is 5.29. The number of amides is 1. The third kappa shape index (κ3) is 3.87. The number of benzene rings is 2. The Hall–Kier alpha value is -2.78. The fraction of sp³-hybridized carbons (Fsp3) is 0. The number of nitrogens with zero attached hydrogens (tertiary/aromatic N) is 1. The highest BCUT2D eigenvalue weighted by molar-refractivity contribution is 9.10. The van der Waals surface area contributed by atoms with Crippen LogP contribution in [0.1, 0.15) is 5.56 Å². The fourth-order valence-electron chi connectivity index (χ4n) is 1.73. The van der Waals surface area contributed by atoms with Crippen molar-refractivity contribution in [1.82, 2.24) is 0 Å². The number of hydrogen-bond acceptors (Lipinski definition) is 4. The van der Waals surface area contributed by atoms with E-state index in [4.69, 9.17) is 5.26 Å². The summed E-state index contributed by atoms with van der Waals surface area (Å²) >= 11 is 3.26. The molecule has 2 aromatic carbocycles. The molecule has 2 rings (SSSR count). The van der Waals surface area contributed by atoms with E-state index in [2.05, 4.69) is 21.2 Å². The molecule has 22 heavy (non-hydrogen) atoms. The minimum Gasteiger partial charge on any atom is -0.508 e. The predicted molar refractivity (Wildman–Crippen MR) is 86.1 cm³/mol. The van der Waals surface area contributed by atoms with E-state index in [0.29, 0.717) is 15.7 Å². The summed E-state index contributed by atoms with van der Waals surface area (Å²) in [4.78, 5) is 12.1. The van der Waals surface area contributed by atoms with Crippen LogP contribution in [0.15, 0.2) is 52.5 Å². The van der Waals surface area contributed by atoms with E-state index in [-0.39, 0.29) is 17.1 Å². The topological polar surface area (TPSA) is 93.3 Å². The van der Waals surface area contributed by atoms with Gasteiger partial charge in [0.1, 0.15) is 23.1 Å². The Morgan fingerprint density at radius 1 is 1.23 bits per heavy atom. The third-order valence-electron chi connectivity index (χ3n) is 2.76. The molecule has 1 amide bonds. The lowest BCUT2D eigenvalue weighted by Crippen LogP contribution is -2.13. The first-order chi connectivity index (χ1) is 10.5. The lowest BCUT2D eigenvalue weighted by Gasteiger charge is -2.05. The summed E-state index contributed by atoms with van der Waals surface area (Å²) < 4.78 is 0.710. The number of anilines is 1. The standard InChI is InChI=1S/C16H11BrN2O3/c17-12-4-5-15(21)10(7-12)6-11(9-18)16(22)19-13-2-1-3-14(20)8-13/h1-8,20-21H,(H,19,22). The summed E-state index contributed by atoms with van der Waals surface area (Å²) in [6.45, 7) is 0. The molecular weight excluding hydrogens is 348 g/mol. The number of nitriles is 1. The summed E-state index contributed by atoms with van der Waals surface area (Å²) in [5.74, 6) is -0.668. The molecule has 5 nitrogen and oxygen atoms in total. The Kier molecular flexibility index (Phi) is 4.81. The van der Waals surface area contributed by atoms with Crippen molar-refractivity contribution >= 4 is 33.6 Å². The van der Waals surface area contributed by atoms with Gasteiger partial charge in [0.05, 0.1) is 0 Å². The minimum atomic E-state index is -0.632. The number of nitrogens with one attached hydrogen (secondary N) is 1. The maximum Gasteiger partial charge on any atom is 0.266 e. The molecule has 0 fully saturated rings. The summed E-state index contributed by atoms with van der Waals surface area (Å²) in [7, 11) is 0. The highest BCUT2D eigenvalue weighted by atomic mass is 79.9. The monoisotopic (exact) mass is 358 g/mol. The molecule has 2 aromatic rings. The van der Waals surface area contributed by atoms with Crippen LogP contribution >= 0.6 is 15.9 Å². The maximum absolute atomic E-state index is 12.1. The van der Waals surface area contributed by atoms with Gasteiger partial charge in [-0.25, -0.2) is 0 Å². The van der Waals surface area contributed by atoms with Gasteiger partial charge in [-0.05, 0) is 36.4 Å². The zero-order valence-corrected chi connectivity index (χ0v) is 12.8. The zero-order chi connectivity index (χ0) is 16.1. The summed E-state index contributed by atoms with van der Waals surface area (Å²) in [6.07, 6.45) is 1.29. The highest BCUT2D eigenvalue weighted by Crippen LogP contribution is 2.24. The smallest absolute Gasteiger partial charge is 0.266 e. The van der Waals surface area contributed by atoms with Crippen LogP contribution in [0.3, 0.4) is 0 Å². The molecule has 0 heterocycles. The van der Waals surface area contributed by atoms with Gasteiger partial charge in [-0.15, -0.1) is 0 Å². The van der Waals surface area contributed by atoms with E-state index in [1.54, 1.807) is 30.3 Å². The summed E-state index contributed by atoms with van der Waals surface area (Å²) in [6, 6.07) is 12.5. The van der Waals surface area contributed by atoms with Crippen molar-refractivity contribution in [2.24, 2.45) is 0 Å². The number of rotatable bonds is 3. The Morgan fingerprint density at radius 3 is 2.68 bits per heavy atom. The second-order valence-electron chi connectivity index (χ2n) is 4.38. The highest BCUT2D eigenvalue weighted by Gasteiger charge is 2.11. The molecule has 0 saturated heterocycles. The first kappa shape index (κ1) is 15.6. The van der Waals surface area contributed by atoms with Gasteiger partial charge in [0, 0.05) is 21.8 Å². The number of hydrogen-bond donors (Lipinski definition) is 3. The molecule has 3 N–H and O–H groups in total. The van der Waals surface area contributed by atoms with Gasteiger partial charge in [-0.1, -0.05) is 22.0 Å². The number of aromatic hydroxyl groups is 2. The van der Waals surface area contributed by atoms with Gasteiger partial charge in [-0.3, -0.25) is 4.79 Å². The molecule has 0 aromatic heterocycles. The van der Waals surface area contributed by atoms with Crippen molar-refractivity contribution in [3.8, 4) is 17.6 Å². The van der Waals surface area contributed by atoms with Gasteiger partial charge < -0.3 is 15.5 Å². The third-order valence-corrected chi connectivity index (χ3v) is 3.25. The lowest BCUT2D eigenvalue weighted by atomic mass is 10.1. The van der Waals surface area contributed by atoms with Crippen LogP contribution in [-0.2, 0) is 4.79 Å². The lowest BCUT2D eigenvalue weighted by molar-refractivity contribution is -0.112. The van der Waals surface area contributed by atoms with Gasteiger partial charge in [0.15, 0.2) is 0 Å². The van der Waals surface area contributed by atoms with E-state index in [9.17, 15) is 15.0 Å². The van der Waals surface area contributed by atoms with Crippen molar-refractivity contribution in [2.45, 2.75) is 0 Å². The number of carbonyl (C=O) groups excluding carboxylic acids is 1. The molecule has 0 spiro atoms. The Balaban J connectivity index is 2.28. The normalized spacial score (nSPS) is 10.8. The van der Waals surface area contributed by atoms with E-state index < -0.39 is 5.91 Å². The van der Waals surface area contributed by atoms with Crippen molar-refractivity contribution in [3.05, 3.63) is 58.1 Å². The molecule has 0 aliphatic rings. The molecule has 6 heteroatoms. The van der Waals surface area contributed by atoms with Gasteiger partial charge >= 0.3 is 0 Å². The van der Waals surface area contributed by atoms with E-state index in [0.717, 1.165) is 0 Å². The van der Waals surface area contributed by atoms with Crippen molar-refractivity contribution in [3.63, 3.8) is 0 Å². The molecule has 0 bridgehead atoms. The van der Waals surface area contributed by atoms with Crippen molar-refractivity contribution in [2.75, 3.05) is 5.32 Å². The van der Waals surface area contributed by atoms with Gasteiger partial charge in [-0.2, -0.15) is 5.26 Å². The van der Waals surface area contributed by atoms with Crippen LogP contribution in [0.25, 0.3) is 6.08 Å². The molecule has 0 atom stereocenters. The number of phenolic OH excluding ortho intramolecular Hbond substituents is 2. The van der Waals surface area contributed by atoms with E-state index >= 15 is 0 Å². The van der Waals surface area contributed by atoms with Crippen LogP contribution in [0.2, 0.25) is 0 Å². The van der Waals surface area contributed by atoms with Crippen molar-refractivity contribution in [1.29, 1.82) is 5.26 Å². The fourth-order valence-corrected chi connectivity index (χ4v) is 2.11. The number of phenols is 2. The first-order valence-electron chi connectivity index (χ1n) is 6.20. The molecule has 0 aliphatic carbocycles. The van der Waals surface area contributed by atoms with Crippen LogP contribution in [0.4, 0.5) is 5.69 Å². The van der Waals surface area contributed by atoms with E-state index in [1.807, 2.05) is 0 Å². The summed E-state index contributed by atoms with van der Waals surface area (Å²) in [5.41, 5.74) is 0.540. The van der Waals surface area contributed by atoms with Crippen LogP contribution in [0.5, 0.6) is 11.5 Å². The SMILES string of the molecule is N#CC(=Cc1cc(Br)ccc1O)C(=O)Nc1cccc(O)c1. The largest absolute Gasteiger partial charge is 0.508 e. The second kappa shape index (κ2) is 6.78. The van der Waals surface area contributed by atoms with Crippen molar-refractivity contribution < 1.29 is 15.0 Å². The predicted octanol–water partition coefficient (Wildman–Crippen LogP) is 3.41. The Bertz CT molecular complexity index is 794. The first-order valence-corrected chi connectivity index (χ1v) is 6.99. The average Bonchev–Trinajstić information content (AvgIpc) is 2.48. The Labute approximate surface area is 135 Å². The van der Waals surface area contributed by atoms with Crippen LogP contribution in [0, 0.1) is 11.3 Å². The summed E-state index contributed by atoms with van der Waals surface area (Å²) in [5, 5.41) is 30.7. The van der Waals surface area contributed by atoms with Crippen LogP contribution < -0.4 is 5.32 Å². The molecule has 110 valence electrons. The number of carbonyl (C=O) groups is 1. The molecule has 0 saturated carbocycles. The quantitative estimate of drug-likeness (QED) is 0.578. The Morgan fingerprint density at radius 2 is 2.00 bits per heavy atom. The zero-order valence-electron chi connectivity index (χ0n) is 11.2. The molecule has 0 aliphatic heterocycles. The van der Waals surface area contributed by atoms with Gasteiger partial charge in [0.25, 0.3) is 5.91 Å². The molecule has 0 radical (unpaired) electrons. The minimum absolute atomic E-state index is 0.00456. The molecule has 0 unspecified atom stereocenters. The van der Waals surface area contributed by atoms with Gasteiger partial charge in [0.2, 0.25) is 0 Å². The van der Waals surface area contributed by atoms with E-state index in [1.165, 1.54) is 24.3 Å². The molecular formula is C16H11BrN2O3. The van der Waals surface area contributed by atoms with Crippen LogP contribution in [-0.4, -0.2) is 16.1 Å². The number of halogens is 1. The average molecular weight is 359 g/mol.